The Hall–Kier alpha value is -1.46. The maximum atomic E-state index is 13.3. The number of hydrogen-bond donors (Lipinski definition) is 1. The van der Waals surface area contributed by atoms with Gasteiger partial charge in [-0.3, -0.25) is 0 Å². The molecule has 3 rings (SSSR count). The first kappa shape index (κ1) is 11.6. The van der Waals surface area contributed by atoms with Gasteiger partial charge < -0.3 is 10.1 Å². The van der Waals surface area contributed by atoms with Gasteiger partial charge in [0.15, 0.2) is 6.10 Å². The summed E-state index contributed by atoms with van der Waals surface area (Å²) in [5.41, 5.74) is 0.880. The van der Waals surface area contributed by atoms with E-state index in [2.05, 4.69) is 10.3 Å². The fourth-order valence-corrected chi connectivity index (χ4v) is 2.94. The fraction of sp³-hybridized carbons (Fsp3) is 0.308. The molecule has 2 atom stereocenters. The normalized spacial score (nSPS) is 22.3. The number of ether oxygens (including phenoxy) is 1. The summed E-state index contributed by atoms with van der Waals surface area (Å²) in [6.07, 6.45) is 2.48. The monoisotopic (exact) mass is 264 g/mol. The van der Waals surface area contributed by atoms with Gasteiger partial charge in [0.05, 0.1) is 0 Å². The van der Waals surface area contributed by atoms with Crippen LogP contribution in [-0.2, 0) is 0 Å². The number of aromatic nitrogens is 1. The minimum atomic E-state index is -0.231. The van der Waals surface area contributed by atoms with E-state index in [0.29, 0.717) is 0 Å². The van der Waals surface area contributed by atoms with Gasteiger partial charge in [-0.1, -0.05) is 0 Å². The zero-order valence-corrected chi connectivity index (χ0v) is 10.7. The lowest BCUT2D eigenvalue weighted by Crippen LogP contribution is -2.26. The number of fused-ring (bicyclic) bond motifs is 1. The molecule has 2 unspecified atom stereocenters. The predicted octanol–water partition coefficient (Wildman–Crippen LogP) is 3.07. The van der Waals surface area contributed by atoms with Crippen LogP contribution in [0.25, 0.3) is 0 Å². The number of thiazole rings is 1. The lowest BCUT2D eigenvalue weighted by molar-refractivity contribution is 0.153. The van der Waals surface area contributed by atoms with E-state index in [1.165, 1.54) is 12.1 Å². The van der Waals surface area contributed by atoms with Crippen molar-refractivity contribution in [2.75, 3.05) is 7.05 Å². The van der Waals surface area contributed by atoms with Crippen molar-refractivity contribution in [3.05, 3.63) is 46.2 Å². The first-order valence-corrected chi connectivity index (χ1v) is 6.68. The minimum Gasteiger partial charge on any atom is -0.483 e. The molecule has 2 heterocycles. The Bertz CT molecular complexity index is 544. The molecule has 18 heavy (non-hydrogen) atoms. The quantitative estimate of drug-likeness (QED) is 0.905. The Balaban J connectivity index is 1.97. The van der Waals surface area contributed by atoms with Crippen LogP contribution in [0.15, 0.2) is 29.8 Å². The average molecular weight is 264 g/mol. The van der Waals surface area contributed by atoms with E-state index in [4.69, 9.17) is 4.74 Å². The predicted molar refractivity (Wildman–Crippen MR) is 68.3 cm³/mol. The number of nitrogens with one attached hydrogen (secondary N) is 1. The summed E-state index contributed by atoms with van der Waals surface area (Å²) in [6, 6.07) is 4.75. The third-order valence-corrected chi connectivity index (χ3v) is 4.01. The summed E-state index contributed by atoms with van der Waals surface area (Å²) < 4.78 is 19.2. The van der Waals surface area contributed by atoms with Crippen molar-refractivity contribution < 1.29 is 9.13 Å². The number of rotatable bonds is 2. The van der Waals surface area contributed by atoms with E-state index < -0.39 is 0 Å². The molecular formula is C13H13FN2OS. The van der Waals surface area contributed by atoms with E-state index in [0.717, 1.165) is 22.7 Å². The summed E-state index contributed by atoms with van der Waals surface area (Å²) in [7, 11) is 1.88. The van der Waals surface area contributed by atoms with E-state index >= 15 is 0 Å². The van der Waals surface area contributed by atoms with Crippen molar-refractivity contribution >= 4 is 11.3 Å². The standard InChI is InChI=1S/C13H13FN2OS/c1-15-10-7-12(13-16-4-5-18-13)17-11-3-2-8(14)6-9(10)11/h2-6,10,12,15H,7H2,1H3. The molecule has 0 saturated carbocycles. The number of halogens is 1. The van der Waals surface area contributed by atoms with Crippen molar-refractivity contribution in [1.29, 1.82) is 0 Å². The van der Waals surface area contributed by atoms with Crippen LogP contribution in [0.1, 0.15) is 29.1 Å². The van der Waals surface area contributed by atoms with Crippen molar-refractivity contribution in [3.8, 4) is 5.75 Å². The highest BCUT2D eigenvalue weighted by molar-refractivity contribution is 7.09. The third kappa shape index (κ3) is 2.00. The van der Waals surface area contributed by atoms with Gasteiger partial charge in [0.2, 0.25) is 0 Å². The number of nitrogens with zero attached hydrogens (tertiary/aromatic N) is 1. The molecule has 1 aliphatic heterocycles. The second kappa shape index (κ2) is 4.66. The molecule has 1 aromatic carbocycles. The second-order valence-electron chi connectivity index (χ2n) is 4.24. The molecule has 0 fully saturated rings. The molecule has 5 heteroatoms. The molecule has 0 bridgehead atoms. The molecule has 1 N–H and O–H groups in total. The zero-order chi connectivity index (χ0) is 12.5. The molecule has 3 nitrogen and oxygen atoms in total. The molecule has 0 radical (unpaired) electrons. The van der Waals surface area contributed by atoms with Crippen LogP contribution >= 0.6 is 11.3 Å². The topological polar surface area (TPSA) is 34.2 Å². The summed E-state index contributed by atoms with van der Waals surface area (Å²) in [5, 5.41) is 6.11. The van der Waals surface area contributed by atoms with Crippen LogP contribution in [-0.4, -0.2) is 12.0 Å². The second-order valence-corrected chi connectivity index (χ2v) is 5.16. The van der Waals surface area contributed by atoms with Gasteiger partial charge in [0, 0.05) is 29.6 Å². The van der Waals surface area contributed by atoms with Crippen molar-refractivity contribution in [2.24, 2.45) is 0 Å². The highest BCUT2D eigenvalue weighted by atomic mass is 32.1. The van der Waals surface area contributed by atoms with Crippen LogP contribution < -0.4 is 10.1 Å². The maximum absolute atomic E-state index is 13.3. The molecule has 94 valence electrons. The summed E-state index contributed by atoms with van der Waals surface area (Å²) in [6.45, 7) is 0. The number of hydrogen-bond acceptors (Lipinski definition) is 4. The molecule has 0 saturated heterocycles. The van der Waals surface area contributed by atoms with Crippen LogP contribution in [0.3, 0.4) is 0 Å². The maximum Gasteiger partial charge on any atom is 0.152 e. The molecule has 0 spiro atoms. The van der Waals surface area contributed by atoms with Crippen molar-refractivity contribution in [1.82, 2.24) is 10.3 Å². The van der Waals surface area contributed by atoms with Crippen LogP contribution in [0.4, 0.5) is 4.39 Å². The lowest BCUT2D eigenvalue weighted by atomic mass is 9.96. The highest BCUT2D eigenvalue weighted by Gasteiger charge is 2.30. The van der Waals surface area contributed by atoms with E-state index in [1.54, 1.807) is 23.6 Å². The lowest BCUT2D eigenvalue weighted by Gasteiger charge is -2.31. The Morgan fingerprint density at radius 2 is 2.39 bits per heavy atom. The summed E-state index contributed by atoms with van der Waals surface area (Å²) >= 11 is 1.58. The van der Waals surface area contributed by atoms with Crippen LogP contribution in [0.2, 0.25) is 0 Å². The molecule has 2 aromatic rings. The highest BCUT2D eigenvalue weighted by Crippen LogP contribution is 2.41. The first-order chi connectivity index (χ1) is 8.78. The van der Waals surface area contributed by atoms with Gasteiger partial charge in [-0.2, -0.15) is 0 Å². The molecular weight excluding hydrogens is 251 g/mol. The molecule has 0 amide bonds. The van der Waals surface area contributed by atoms with Crippen LogP contribution in [0, 0.1) is 5.82 Å². The van der Waals surface area contributed by atoms with Gasteiger partial charge in [-0.25, -0.2) is 9.37 Å². The largest absolute Gasteiger partial charge is 0.483 e. The molecule has 1 aromatic heterocycles. The van der Waals surface area contributed by atoms with E-state index in [1.807, 2.05) is 12.4 Å². The molecule has 1 aliphatic rings. The van der Waals surface area contributed by atoms with Crippen LogP contribution in [0.5, 0.6) is 5.75 Å². The van der Waals surface area contributed by atoms with Gasteiger partial charge in [0.25, 0.3) is 0 Å². The van der Waals surface area contributed by atoms with Gasteiger partial charge >= 0.3 is 0 Å². The van der Waals surface area contributed by atoms with E-state index in [-0.39, 0.29) is 18.0 Å². The van der Waals surface area contributed by atoms with Gasteiger partial charge in [-0.05, 0) is 25.2 Å². The average Bonchev–Trinajstić information content (AvgIpc) is 2.91. The Morgan fingerprint density at radius 3 is 3.11 bits per heavy atom. The van der Waals surface area contributed by atoms with Gasteiger partial charge in [-0.15, -0.1) is 11.3 Å². The minimum absolute atomic E-state index is 0.0552. The molecule has 0 aliphatic carbocycles. The number of benzene rings is 1. The van der Waals surface area contributed by atoms with Crippen molar-refractivity contribution in [2.45, 2.75) is 18.6 Å². The Kier molecular flexibility index (Phi) is 3.01. The van der Waals surface area contributed by atoms with Crippen molar-refractivity contribution in [3.63, 3.8) is 0 Å². The van der Waals surface area contributed by atoms with E-state index in [9.17, 15) is 4.39 Å². The zero-order valence-electron chi connectivity index (χ0n) is 9.89. The summed E-state index contributed by atoms with van der Waals surface area (Å²) in [5.74, 6) is 0.507. The Labute approximate surface area is 109 Å². The smallest absolute Gasteiger partial charge is 0.152 e. The third-order valence-electron chi connectivity index (χ3n) is 3.14. The fourth-order valence-electron chi connectivity index (χ4n) is 2.26. The summed E-state index contributed by atoms with van der Waals surface area (Å²) in [4.78, 5) is 4.29. The first-order valence-electron chi connectivity index (χ1n) is 5.80. The SMILES string of the molecule is CNC1CC(c2nccs2)Oc2ccc(F)cc21. The Morgan fingerprint density at radius 1 is 1.50 bits per heavy atom. The van der Waals surface area contributed by atoms with Gasteiger partial charge in [0.1, 0.15) is 16.6 Å².